The Morgan fingerprint density at radius 3 is 2.72 bits per heavy atom. The molecular formula is C18H20ClN3O3. The summed E-state index contributed by atoms with van der Waals surface area (Å²) >= 11 is 5.97. The molecule has 0 saturated heterocycles. The predicted octanol–water partition coefficient (Wildman–Crippen LogP) is 2.56. The van der Waals surface area contributed by atoms with E-state index in [0.717, 1.165) is 18.2 Å². The van der Waals surface area contributed by atoms with Crippen LogP contribution in [0.3, 0.4) is 0 Å². The van der Waals surface area contributed by atoms with E-state index < -0.39 is 5.97 Å². The van der Waals surface area contributed by atoms with Crippen LogP contribution in [0.25, 0.3) is 10.9 Å². The second kappa shape index (κ2) is 7.37. The molecule has 3 rings (SSSR count). The molecule has 0 aliphatic heterocycles. The molecule has 1 amide bonds. The fraction of sp³-hybridized carbons (Fsp3) is 0.389. The summed E-state index contributed by atoms with van der Waals surface area (Å²) in [5, 5.41) is 13.4. The van der Waals surface area contributed by atoms with E-state index in [1.807, 2.05) is 24.0 Å². The second-order valence-electron chi connectivity index (χ2n) is 6.29. The van der Waals surface area contributed by atoms with E-state index in [-0.39, 0.29) is 24.5 Å². The number of hydrogen-bond acceptors (Lipinski definition) is 4. The molecule has 2 aromatic rings. The van der Waals surface area contributed by atoms with Gasteiger partial charge in [-0.3, -0.25) is 14.5 Å². The number of amides is 1. The number of nitrogens with one attached hydrogen (secondary N) is 1. The van der Waals surface area contributed by atoms with Crippen LogP contribution in [-0.2, 0) is 4.79 Å². The predicted molar refractivity (Wildman–Crippen MR) is 95.9 cm³/mol. The van der Waals surface area contributed by atoms with Gasteiger partial charge in [-0.1, -0.05) is 30.7 Å². The van der Waals surface area contributed by atoms with Crippen molar-refractivity contribution in [1.29, 1.82) is 0 Å². The van der Waals surface area contributed by atoms with Gasteiger partial charge in [0.2, 0.25) is 0 Å². The lowest BCUT2D eigenvalue weighted by molar-refractivity contribution is -0.139. The minimum absolute atomic E-state index is 0.0365. The van der Waals surface area contributed by atoms with E-state index in [4.69, 9.17) is 16.7 Å². The molecule has 0 atom stereocenters. The number of carbonyl (C=O) groups is 2. The minimum Gasteiger partial charge on any atom is -0.480 e. The number of pyridine rings is 1. The van der Waals surface area contributed by atoms with Crippen LogP contribution in [0.15, 0.2) is 30.3 Å². The maximum absolute atomic E-state index is 12.4. The molecular weight excluding hydrogens is 342 g/mol. The van der Waals surface area contributed by atoms with Gasteiger partial charge in [0.25, 0.3) is 5.91 Å². The van der Waals surface area contributed by atoms with Crippen molar-refractivity contribution in [2.75, 3.05) is 13.1 Å². The maximum Gasteiger partial charge on any atom is 0.317 e. The second-order valence-corrected chi connectivity index (χ2v) is 6.72. The molecule has 25 heavy (non-hydrogen) atoms. The van der Waals surface area contributed by atoms with E-state index >= 15 is 0 Å². The van der Waals surface area contributed by atoms with Crippen LogP contribution in [0.5, 0.6) is 0 Å². The molecule has 0 unspecified atom stereocenters. The van der Waals surface area contributed by atoms with Crippen molar-refractivity contribution in [1.82, 2.24) is 15.2 Å². The zero-order valence-electron chi connectivity index (χ0n) is 13.9. The zero-order valence-corrected chi connectivity index (χ0v) is 14.7. The molecule has 0 spiro atoms. The van der Waals surface area contributed by atoms with Gasteiger partial charge in [0.1, 0.15) is 5.69 Å². The van der Waals surface area contributed by atoms with Crippen LogP contribution in [0.1, 0.15) is 30.3 Å². The number of benzene rings is 1. The van der Waals surface area contributed by atoms with Crippen molar-refractivity contribution in [3.05, 3.63) is 41.0 Å². The fourth-order valence-electron chi connectivity index (χ4n) is 3.15. The van der Waals surface area contributed by atoms with Gasteiger partial charge < -0.3 is 10.4 Å². The quantitative estimate of drug-likeness (QED) is 0.826. The average molecular weight is 362 g/mol. The number of carbonyl (C=O) groups excluding carboxylic acids is 1. The highest BCUT2D eigenvalue weighted by Crippen LogP contribution is 2.26. The van der Waals surface area contributed by atoms with Gasteiger partial charge in [-0.15, -0.1) is 0 Å². The summed E-state index contributed by atoms with van der Waals surface area (Å²) < 4.78 is 0. The van der Waals surface area contributed by atoms with Gasteiger partial charge in [-0.2, -0.15) is 0 Å². The van der Waals surface area contributed by atoms with Gasteiger partial charge >= 0.3 is 5.97 Å². The Labute approximate surface area is 150 Å². The number of hydrogen-bond donors (Lipinski definition) is 2. The number of fused-ring (bicyclic) bond motifs is 1. The SMILES string of the molecule is CCN(CC(=O)O)C1CC(NC(=O)c2ccc3ccc(Cl)cc3n2)C1. The Morgan fingerprint density at radius 2 is 2.04 bits per heavy atom. The molecule has 1 saturated carbocycles. The average Bonchev–Trinajstić information content (AvgIpc) is 2.54. The molecule has 2 N–H and O–H groups in total. The van der Waals surface area contributed by atoms with Crippen molar-refractivity contribution >= 4 is 34.4 Å². The first-order valence-electron chi connectivity index (χ1n) is 8.29. The molecule has 6 nitrogen and oxygen atoms in total. The van der Waals surface area contributed by atoms with Gasteiger partial charge in [-0.05, 0) is 37.6 Å². The molecule has 7 heteroatoms. The first-order chi connectivity index (χ1) is 12.0. The highest BCUT2D eigenvalue weighted by atomic mass is 35.5. The number of aromatic nitrogens is 1. The van der Waals surface area contributed by atoms with Crippen molar-refractivity contribution < 1.29 is 14.7 Å². The van der Waals surface area contributed by atoms with E-state index in [1.54, 1.807) is 18.2 Å². The number of carboxylic acids is 1. The molecule has 1 heterocycles. The Balaban J connectivity index is 1.59. The molecule has 1 aromatic carbocycles. The third kappa shape index (κ3) is 4.08. The van der Waals surface area contributed by atoms with Crippen LogP contribution >= 0.6 is 11.6 Å². The van der Waals surface area contributed by atoms with Crippen LogP contribution < -0.4 is 5.32 Å². The number of carboxylic acid groups (broad SMARTS) is 1. The molecule has 1 aliphatic rings. The Kier molecular flexibility index (Phi) is 5.20. The van der Waals surface area contributed by atoms with Gasteiger partial charge in [0.05, 0.1) is 12.1 Å². The van der Waals surface area contributed by atoms with Crippen LogP contribution in [0, 0.1) is 0 Å². The summed E-state index contributed by atoms with van der Waals surface area (Å²) in [6.45, 7) is 2.67. The molecule has 1 aromatic heterocycles. The van der Waals surface area contributed by atoms with Crippen molar-refractivity contribution in [3.8, 4) is 0 Å². The first kappa shape index (κ1) is 17.6. The van der Waals surface area contributed by atoms with E-state index in [1.165, 1.54) is 0 Å². The summed E-state index contributed by atoms with van der Waals surface area (Å²) in [4.78, 5) is 29.5. The smallest absolute Gasteiger partial charge is 0.317 e. The van der Waals surface area contributed by atoms with Gasteiger partial charge in [0.15, 0.2) is 0 Å². The van der Waals surface area contributed by atoms with Gasteiger partial charge in [0, 0.05) is 22.5 Å². The molecule has 1 fully saturated rings. The normalized spacial score (nSPS) is 19.6. The molecule has 0 radical (unpaired) electrons. The van der Waals surface area contributed by atoms with E-state index in [0.29, 0.717) is 22.8 Å². The summed E-state index contributed by atoms with van der Waals surface area (Å²) in [6, 6.07) is 9.19. The third-order valence-electron chi connectivity index (χ3n) is 4.60. The first-order valence-corrected chi connectivity index (χ1v) is 8.67. The highest BCUT2D eigenvalue weighted by molar-refractivity contribution is 6.31. The van der Waals surface area contributed by atoms with Gasteiger partial charge in [-0.25, -0.2) is 4.98 Å². The third-order valence-corrected chi connectivity index (χ3v) is 4.83. The van der Waals surface area contributed by atoms with Crippen LogP contribution in [0.2, 0.25) is 5.02 Å². The number of halogens is 1. The van der Waals surface area contributed by atoms with Crippen molar-refractivity contribution in [2.45, 2.75) is 31.8 Å². The largest absolute Gasteiger partial charge is 0.480 e. The summed E-state index contributed by atoms with van der Waals surface area (Å²) in [5.74, 6) is -1.04. The van der Waals surface area contributed by atoms with E-state index in [2.05, 4.69) is 10.3 Å². The highest BCUT2D eigenvalue weighted by Gasteiger charge is 2.34. The topological polar surface area (TPSA) is 82.5 Å². The standard InChI is InChI=1S/C18H20ClN3O3/c1-2-22(10-17(23)24)14-8-13(9-14)20-18(25)15-6-4-11-3-5-12(19)7-16(11)21-15/h3-7,13-14H,2,8-10H2,1H3,(H,20,25)(H,23,24). The Morgan fingerprint density at radius 1 is 1.32 bits per heavy atom. The number of aliphatic carboxylic acids is 1. The van der Waals surface area contributed by atoms with Crippen LogP contribution in [-0.4, -0.2) is 52.0 Å². The van der Waals surface area contributed by atoms with Crippen LogP contribution in [0.4, 0.5) is 0 Å². The Bertz CT molecular complexity index is 805. The lowest BCUT2D eigenvalue weighted by atomic mass is 9.85. The monoisotopic (exact) mass is 361 g/mol. The van der Waals surface area contributed by atoms with Crippen molar-refractivity contribution in [2.24, 2.45) is 0 Å². The number of nitrogens with zero attached hydrogens (tertiary/aromatic N) is 2. The summed E-state index contributed by atoms with van der Waals surface area (Å²) in [7, 11) is 0. The zero-order chi connectivity index (χ0) is 18.0. The lowest BCUT2D eigenvalue weighted by Crippen LogP contribution is -2.54. The maximum atomic E-state index is 12.4. The number of rotatable bonds is 6. The Hall–Kier alpha value is -2.18. The lowest BCUT2D eigenvalue weighted by Gasteiger charge is -2.42. The number of likely N-dealkylation sites (N-methyl/N-ethyl adjacent to an activating group) is 1. The fourth-order valence-corrected chi connectivity index (χ4v) is 3.32. The molecule has 0 bridgehead atoms. The summed E-state index contributed by atoms with van der Waals surface area (Å²) in [6.07, 6.45) is 1.51. The minimum atomic E-state index is -0.826. The van der Waals surface area contributed by atoms with E-state index in [9.17, 15) is 9.59 Å². The van der Waals surface area contributed by atoms with Crippen molar-refractivity contribution in [3.63, 3.8) is 0 Å². The molecule has 132 valence electrons. The molecule has 1 aliphatic carbocycles. The summed E-state index contributed by atoms with van der Waals surface area (Å²) in [5.41, 5.74) is 1.04.